The molecular weight excluding hydrogens is 259 g/mol. The average Bonchev–Trinajstić information content (AvgIpc) is 2.42. The molecule has 0 aliphatic carbocycles. The predicted molar refractivity (Wildman–Crippen MR) is 77.9 cm³/mol. The van der Waals surface area contributed by atoms with Crippen LogP contribution in [0.2, 0.25) is 0 Å². The Morgan fingerprint density at radius 3 is 3.05 bits per heavy atom. The van der Waals surface area contributed by atoms with Gasteiger partial charge in [-0.05, 0) is 25.8 Å². The normalized spacial score (nSPS) is 20.9. The fraction of sp³-hybridized carbons (Fsp3) is 0.429. The Morgan fingerprint density at radius 1 is 1.60 bits per heavy atom. The summed E-state index contributed by atoms with van der Waals surface area (Å²) in [6.07, 6.45) is 0.189. The molecule has 2 N–H and O–H groups in total. The highest BCUT2D eigenvalue weighted by Crippen LogP contribution is 2.19. The Bertz CT molecular complexity index is 518. The van der Waals surface area contributed by atoms with Crippen molar-refractivity contribution in [2.24, 2.45) is 15.7 Å². The second-order valence-electron chi connectivity index (χ2n) is 4.82. The van der Waals surface area contributed by atoms with Crippen molar-refractivity contribution in [1.82, 2.24) is 4.90 Å². The van der Waals surface area contributed by atoms with Gasteiger partial charge in [-0.2, -0.15) is 0 Å². The molecule has 1 saturated heterocycles. The zero-order chi connectivity index (χ0) is 14.5. The van der Waals surface area contributed by atoms with Gasteiger partial charge >= 0.3 is 0 Å². The van der Waals surface area contributed by atoms with E-state index in [1.807, 2.05) is 6.92 Å². The lowest BCUT2D eigenvalue weighted by Crippen LogP contribution is -2.40. The summed E-state index contributed by atoms with van der Waals surface area (Å²) < 4.78 is 19.5. The van der Waals surface area contributed by atoms with Crippen molar-refractivity contribution in [3.63, 3.8) is 0 Å². The van der Waals surface area contributed by atoms with Crippen molar-refractivity contribution in [3.8, 4) is 0 Å². The molecule has 1 aliphatic heterocycles. The maximum Gasteiger partial charge on any atom is 0.219 e. The summed E-state index contributed by atoms with van der Waals surface area (Å²) in [7, 11) is 0. The van der Waals surface area contributed by atoms with Crippen molar-refractivity contribution in [1.29, 1.82) is 0 Å². The lowest BCUT2D eigenvalue weighted by Gasteiger charge is -2.31. The molecule has 2 rings (SSSR count). The molecule has 1 atom stereocenters. The number of guanidine groups is 1. The molecule has 1 unspecified atom stereocenters. The van der Waals surface area contributed by atoms with E-state index in [4.69, 9.17) is 10.5 Å². The number of morpholine rings is 1. The SMILES string of the molecule is C=NC(N)=Nc1ccc(CN2CCOC(C)C2)c(F)c1. The second-order valence-corrected chi connectivity index (χ2v) is 4.82. The molecule has 108 valence electrons. The van der Waals surface area contributed by atoms with Crippen molar-refractivity contribution in [2.75, 3.05) is 19.7 Å². The monoisotopic (exact) mass is 278 g/mol. The van der Waals surface area contributed by atoms with Crippen LogP contribution in [0.25, 0.3) is 0 Å². The fourth-order valence-electron chi connectivity index (χ4n) is 2.18. The first-order valence-corrected chi connectivity index (χ1v) is 6.51. The first-order chi connectivity index (χ1) is 9.58. The summed E-state index contributed by atoms with van der Waals surface area (Å²) in [5.74, 6) is -0.263. The van der Waals surface area contributed by atoms with Crippen LogP contribution in [0.1, 0.15) is 12.5 Å². The number of rotatable bonds is 3. The van der Waals surface area contributed by atoms with Gasteiger partial charge in [0.2, 0.25) is 5.96 Å². The summed E-state index contributed by atoms with van der Waals surface area (Å²) in [6, 6.07) is 4.81. The molecule has 1 aromatic rings. The Balaban J connectivity index is 2.07. The standard InChI is InChI=1S/C14H19FN4O/c1-10-8-19(5-6-20-10)9-11-3-4-12(7-13(11)15)18-14(16)17-2/h3-4,7,10H,2,5-6,8-9H2,1H3,(H2,16,18). The molecule has 1 fully saturated rings. The summed E-state index contributed by atoms with van der Waals surface area (Å²) in [5, 5.41) is 0. The molecule has 1 aromatic carbocycles. The predicted octanol–water partition coefficient (Wildman–Crippen LogP) is 1.69. The van der Waals surface area contributed by atoms with Gasteiger partial charge in [-0.15, -0.1) is 0 Å². The number of benzene rings is 1. The number of halogens is 1. The largest absolute Gasteiger partial charge is 0.376 e. The molecule has 1 aliphatic rings. The number of hydrogen-bond donors (Lipinski definition) is 1. The topological polar surface area (TPSA) is 63.2 Å². The Morgan fingerprint density at radius 2 is 2.40 bits per heavy atom. The highest BCUT2D eigenvalue weighted by molar-refractivity contribution is 5.84. The van der Waals surface area contributed by atoms with E-state index < -0.39 is 0 Å². The third-order valence-corrected chi connectivity index (χ3v) is 3.16. The van der Waals surface area contributed by atoms with E-state index in [0.29, 0.717) is 24.4 Å². The Labute approximate surface area is 118 Å². The van der Waals surface area contributed by atoms with Crippen LogP contribution in [0.3, 0.4) is 0 Å². The van der Waals surface area contributed by atoms with Gasteiger partial charge in [0.25, 0.3) is 0 Å². The van der Waals surface area contributed by atoms with E-state index >= 15 is 0 Å². The van der Waals surface area contributed by atoms with Gasteiger partial charge in [0.1, 0.15) is 5.82 Å². The number of ether oxygens (including phenoxy) is 1. The highest BCUT2D eigenvalue weighted by Gasteiger charge is 2.17. The maximum atomic E-state index is 14.0. The minimum atomic E-state index is -0.290. The highest BCUT2D eigenvalue weighted by atomic mass is 19.1. The Kier molecular flexibility index (Phi) is 4.81. The van der Waals surface area contributed by atoms with E-state index in [-0.39, 0.29) is 17.9 Å². The van der Waals surface area contributed by atoms with E-state index in [9.17, 15) is 4.39 Å². The van der Waals surface area contributed by atoms with Crippen molar-refractivity contribution in [2.45, 2.75) is 19.6 Å². The van der Waals surface area contributed by atoms with Crippen molar-refractivity contribution in [3.05, 3.63) is 29.6 Å². The molecule has 0 spiro atoms. The van der Waals surface area contributed by atoms with Gasteiger partial charge in [0.05, 0.1) is 18.4 Å². The summed E-state index contributed by atoms with van der Waals surface area (Å²) in [4.78, 5) is 9.58. The molecule has 5 nitrogen and oxygen atoms in total. The molecule has 1 heterocycles. The van der Waals surface area contributed by atoms with E-state index in [1.54, 1.807) is 12.1 Å². The van der Waals surface area contributed by atoms with Gasteiger partial charge in [-0.1, -0.05) is 6.07 Å². The van der Waals surface area contributed by atoms with Crippen LogP contribution in [-0.4, -0.2) is 43.4 Å². The van der Waals surface area contributed by atoms with Gasteiger partial charge in [-0.3, -0.25) is 4.90 Å². The van der Waals surface area contributed by atoms with Crippen LogP contribution in [-0.2, 0) is 11.3 Å². The number of nitrogens with zero attached hydrogens (tertiary/aromatic N) is 3. The van der Waals surface area contributed by atoms with Crippen LogP contribution >= 0.6 is 0 Å². The quantitative estimate of drug-likeness (QED) is 0.676. The van der Waals surface area contributed by atoms with Crippen LogP contribution in [0.4, 0.5) is 10.1 Å². The number of nitrogens with two attached hydrogens (primary N) is 1. The maximum absolute atomic E-state index is 14.0. The molecule has 0 radical (unpaired) electrons. The summed E-state index contributed by atoms with van der Waals surface area (Å²) in [5.41, 5.74) is 6.51. The van der Waals surface area contributed by atoms with E-state index in [1.165, 1.54) is 6.07 Å². The fourth-order valence-corrected chi connectivity index (χ4v) is 2.18. The van der Waals surface area contributed by atoms with Crippen LogP contribution in [0.15, 0.2) is 28.2 Å². The van der Waals surface area contributed by atoms with Crippen LogP contribution < -0.4 is 5.73 Å². The molecule has 20 heavy (non-hydrogen) atoms. The summed E-state index contributed by atoms with van der Waals surface area (Å²) >= 11 is 0. The third-order valence-electron chi connectivity index (χ3n) is 3.16. The number of hydrogen-bond acceptors (Lipinski definition) is 3. The smallest absolute Gasteiger partial charge is 0.219 e. The second kappa shape index (κ2) is 6.58. The lowest BCUT2D eigenvalue weighted by molar-refractivity contribution is -0.0215. The van der Waals surface area contributed by atoms with Gasteiger partial charge < -0.3 is 10.5 Å². The molecule has 6 heteroatoms. The van der Waals surface area contributed by atoms with Crippen molar-refractivity contribution >= 4 is 18.4 Å². The molecule has 0 saturated carbocycles. The zero-order valence-corrected chi connectivity index (χ0v) is 11.6. The first kappa shape index (κ1) is 14.6. The first-order valence-electron chi connectivity index (χ1n) is 6.51. The third kappa shape index (κ3) is 3.85. The van der Waals surface area contributed by atoms with E-state index in [2.05, 4.69) is 21.6 Å². The zero-order valence-electron chi connectivity index (χ0n) is 11.6. The van der Waals surface area contributed by atoms with Gasteiger partial charge in [0.15, 0.2) is 0 Å². The molecule has 0 aromatic heterocycles. The summed E-state index contributed by atoms with van der Waals surface area (Å²) in [6.45, 7) is 8.17. The average molecular weight is 278 g/mol. The molecular formula is C14H19FN4O. The minimum Gasteiger partial charge on any atom is -0.376 e. The minimum absolute atomic E-state index is 0.0270. The van der Waals surface area contributed by atoms with Crippen LogP contribution in [0.5, 0.6) is 0 Å². The van der Waals surface area contributed by atoms with E-state index in [0.717, 1.165) is 13.1 Å². The van der Waals surface area contributed by atoms with Gasteiger partial charge in [0, 0.05) is 25.2 Å². The van der Waals surface area contributed by atoms with Crippen molar-refractivity contribution < 1.29 is 9.13 Å². The lowest BCUT2D eigenvalue weighted by atomic mass is 10.1. The molecule has 0 amide bonds. The van der Waals surface area contributed by atoms with Crippen LogP contribution in [0, 0.1) is 5.82 Å². The molecule has 0 bridgehead atoms. The Hall–Kier alpha value is -1.79. The van der Waals surface area contributed by atoms with Gasteiger partial charge in [-0.25, -0.2) is 14.4 Å². The number of aliphatic imine (C=N–C) groups is 2.